The third-order valence-corrected chi connectivity index (χ3v) is 7.66. The van der Waals surface area contributed by atoms with Gasteiger partial charge in [-0.2, -0.15) is 26.3 Å². The average molecular weight is 715 g/mol. The van der Waals surface area contributed by atoms with E-state index in [4.69, 9.17) is 5.11 Å². The van der Waals surface area contributed by atoms with Gasteiger partial charge in [0.25, 0.3) is 5.91 Å². The van der Waals surface area contributed by atoms with Crippen molar-refractivity contribution < 1.29 is 65.3 Å². The zero-order valence-electron chi connectivity index (χ0n) is 26.0. The van der Waals surface area contributed by atoms with Gasteiger partial charge in [-0.15, -0.1) is 0 Å². The van der Waals surface area contributed by atoms with Crippen LogP contribution >= 0.6 is 0 Å². The number of aliphatic hydroxyl groups excluding tert-OH is 1. The molecular formula is C35H24F6N2O8. The fraction of sp³-hybridized carbons (Fsp3) is 0.114. The zero-order valence-corrected chi connectivity index (χ0v) is 26.0. The SMILES string of the molecule is C=C(Nc1cccc(C(c2cccc(NC(=O)c3ccc(C=O)c(C(=O)O)c3)c2)(C(F)(F)F)C(F)(F)F)c1)c1ccc2c(c1)C(=O)OC2=O.CO. The molecule has 0 bridgehead atoms. The van der Waals surface area contributed by atoms with E-state index in [1.165, 1.54) is 24.3 Å². The number of esters is 2. The van der Waals surface area contributed by atoms with E-state index in [1.807, 2.05) is 0 Å². The summed E-state index contributed by atoms with van der Waals surface area (Å²) in [7, 11) is 1.00. The summed E-state index contributed by atoms with van der Waals surface area (Å²) < 4.78 is 94.2. The number of aromatic carboxylic acids is 1. The number of aldehydes is 1. The third kappa shape index (κ3) is 7.07. The van der Waals surface area contributed by atoms with Crippen molar-refractivity contribution in [2.75, 3.05) is 17.7 Å². The first-order chi connectivity index (χ1) is 24.0. The number of aliphatic hydroxyl groups is 1. The summed E-state index contributed by atoms with van der Waals surface area (Å²) in [5, 5.41) is 21.1. The second kappa shape index (κ2) is 14.3. The van der Waals surface area contributed by atoms with Gasteiger partial charge in [-0.1, -0.05) is 43.0 Å². The van der Waals surface area contributed by atoms with Gasteiger partial charge in [-0.25, -0.2) is 14.4 Å². The number of amides is 1. The highest BCUT2D eigenvalue weighted by Crippen LogP contribution is 2.56. The van der Waals surface area contributed by atoms with E-state index in [0.29, 0.717) is 24.3 Å². The molecule has 51 heavy (non-hydrogen) atoms. The van der Waals surface area contributed by atoms with Gasteiger partial charge >= 0.3 is 30.3 Å². The molecule has 16 heteroatoms. The van der Waals surface area contributed by atoms with E-state index in [9.17, 15) is 55.4 Å². The predicted octanol–water partition coefficient (Wildman–Crippen LogP) is 6.86. The number of carbonyl (C=O) groups excluding carboxylic acids is 4. The number of anilines is 2. The Balaban J connectivity index is 0.00000286. The first-order valence-electron chi connectivity index (χ1n) is 14.3. The Bertz CT molecular complexity index is 1990. The molecular weight excluding hydrogens is 690 g/mol. The van der Waals surface area contributed by atoms with Gasteiger partial charge in [0.05, 0.1) is 16.7 Å². The molecule has 5 rings (SSSR count). The standard InChI is InChI=1S/C34H20F6N2O7.CH4O/c1-17(18-10-11-25-27(12-18)31(48)49-30(25)47)41-23-6-2-4-21(14-23)32(33(35,36)37,34(38,39)40)22-5-3-7-24(15-22)42-28(44)19-8-9-20(16-43)26(13-19)29(45)46;1-2/h2-16,41H,1H2,(H,42,44)(H,45,46);2H,1H3. The second-order valence-electron chi connectivity index (χ2n) is 10.6. The van der Waals surface area contributed by atoms with E-state index < -0.39 is 64.0 Å². The van der Waals surface area contributed by atoms with Crippen molar-refractivity contribution in [2.24, 2.45) is 0 Å². The molecule has 0 saturated heterocycles. The molecule has 1 heterocycles. The first kappa shape index (κ1) is 37.5. The Morgan fingerprint density at radius 2 is 1.25 bits per heavy atom. The molecule has 10 nitrogen and oxygen atoms in total. The van der Waals surface area contributed by atoms with E-state index in [1.54, 1.807) is 0 Å². The van der Waals surface area contributed by atoms with Gasteiger partial charge < -0.3 is 25.6 Å². The largest absolute Gasteiger partial charge is 0.478 e. The van der Waals surface area contributed by atoms with Crippen molar-refractivity contribution >= 4 is 47.2 Å². The van der Waals surface area contributed by atoms with Crippen LogP contribution in [0.1, 0.15) is 68.5 Å². The third-order valence-electron chi connectivity index (χ3n) is 7.66. The molecule has 0 unspecified atom stereocenters. The summed E-state index contributed by atoms with van der Waals surface area (Å²) >= 11 is 0. The predicted molar refractivity (Wildman–Crippen MR) is 170 cm³/mol. The number of alkyl halides is 6. The Hall–Kier alpha value is -6.29. The quantitative estimate of drug-likeness (QED) is 0.0629. The second-order valence-corrected chi connectivity index (χ2v) is 10.6. The average Bonchev–Trinajstić information content (AvgIpc) is 3.36. The topological polar surface area (TPSA) is 159 Å². The number of benzene rings is 4. The van der Waals surface area contributed by atoms with Crippen molar-refractivity contribution in [1.29, 1.82) is 0 Å². The Morgan fingerprint density at radius 3 is 1.78 bits per heavy atom. The Kier molecular flexibility index (Phi) is 10.5. The highest BCUT2D eigenvalue weighted by molar-refractivity contribution is 6.15. The van der Waals surface area contributed by atoms with Crippen molar-refractivity contribution in [1.82, 2.24) is 0 Å². The maximum absolute atomic E-state index is 14.9. The molecule has 0 saturated carbocycles. The number of hydrogen-bond acceptors (Lipinski definition) is 8. The van der Waals surface area contributed by atoms with E-state index in [0.717, 1.165) is 43.5 Å². The Labute approximate surface area is 284 Å². The van der Waals surface area contributed by atoms with E-state index in [2.05, 4.69) is 21.9 Å². The lowest BCUT2D eigenvalue weighted by Crippen LogP contribution is -2.54. The fourth-order valence-corrected chi connectivity index (χ4v) is 5.35. The molecule has 4 aromatic carbocycles. The van der Waals surface area contributed by atoms with Crippen molar-refractivity contribution in [3.63, 3.8) is 0 Å². The van der Waals surface area contributed by atoms with Gasteiger partial charge in [0.15, 0.2) is 6.29 Å². The van der Waals surface area contributed by atoms with E-state index in [-0.39, 0.29) is 45.5 Å². The van der Waals surface area contributed by atoms with Crippen LogP contribution in [0.25, 0.3) is 5.70 Å². The van der Waals surface area contributed by atoms with E-state index >= 15 is 0 Å². The molecule has 4 aromatic rings. The van der Waals surface area contributed by atoms with Crippen LogP contribution in [0.2, 0.25) is 0 Å². The number of nitrogens with one attached hydrogen (secondary N) is 2. The lowest BCUT2D eigenvalue weighted by Gasteiger charge is -2.38. The first-order valence-corrected chi connectivity index (χ1v) is 14.3. The number of ether oxygens (including phenoxy) is 1. The summed E-state index contributed by atoms with van der Waals surface area (Å²) in [6.45, 7) is 3.74. The minimum absolute atomic E-state index is 0.0251. The molecule has 0 aromatic heterocycles. The minimum Gasteiger partial charge on any atom is -0.478 e. The highest BCUT2D eigenvalue weighted by Gasteiger charge is 2.72. The summed E-state index contributed by atoms with van der Waals surface area (Å²) in [6.07, 6.45) is -11.7. The molecule has 264 valence electrons. The number of carboxylic acid groups (broad SMARTS) is 1. The maximum atomic E-state index is 14.9. The Morgan fingerprint density at radius 1 is 0.725 bits per heavy atom. The van der Waals surface area contributed by atoms with Crippen LogP contribution in [0.5, 0.6) is 0 Å². The maximum Gasteiger partial charge on any atom is 0.411 e. The summed E-state index contributed by atoms with van der Waals surface area (Å²) in [4.78, 5) is 59.2. The molecule has 0 fully saturated rings. The van der Waals surface area contributed by atoms with Gasteiger partial charge in [0, 0.05) is 35.3 Å². The number of cyclic esters (lactones) is 2. The number of fused-ring (bicyclic) bond motifs is 1. The lowest BCUT2D eigenvalue weighted by molar-refractivity contribution is -0.288. The van der Waals surface area contributed by atoms with Crippen molar-refractivity contribution in [3.8, 4) is 0 Å². The van der Waals surface area contributed by atoms with Crippen LogP contribution < -0.4 is 10.6 Å². The van der Waals surface area contributed by atoms with Crippen molar-refractivity contribution in [3.05, 3.63) is 136 Å². The molecule has 1 aliphatic rings. The molecule has 4 N–H and O–H groups in total. The number of carboxylic acids is 1. The van der Waals surface area contributed by atoms with Crippen LogP contribution in [0.3, 0.4) is 0 Å². The number of hydrogen-bond donors (Lipinski definition) is 4. The summed E-state index contributed by atoms with van der Waals surface area (Å²) in [5.41, 5.74) is -9.00. The van der Waals surface area contributed by atoms with Gasteiger partial charge in [-0.05, 0) is 65.2 Å². The zero-order chi connectivity index (χ0) is 37.9. The van der Waals surface area contributed by atoms with Crippen molar-refractivity contribution in [2.45, 2.75) is 17.8 Å². The molecule has 0 atom stereocenters. The number of carbonyl (C=O) groups is 5. The highest BCUT2D eigenvalue weighted by atomic mass is 19.4. The fourth-order valence-electron chi connectivity index (χ4n) is 5.35. The number of halogens is 6. The molecule has 1 amide bonds. The van der Waals surface area contributed by atoms with Crippen LogP contribution in [0, 0.1) is 0 Å². The smallest absolute Gasteiger partial charge is 0.411 e. The number of rotatable bonds is 9. The van der Waals surface area contributed by atoms with Gasteiger partial charge in [0.1, 0.15) is 0 Å². The van der Waals surface area contributed by atoms with Gasteiger partial charge in [0.2, 0.25) is 5.41 Å². The molecule has 0 radical (unpaired) electrons. The lowest BCUT2D eigenvalue weighted by atomic mass is 9.72. The molecule has 1 aliphatic heterocycles. The molecule has 0 aliphatic carbocycles. The van der Waals surface area contributed by atoms with Gasteiger partial charge in [-0.3, -0.25) is 9.59 Å². The summed E-state index contributed by atoms with van der Waals surface area (Å²) in [5.74, 6) is -4.43. The minimum atomic E-state index is -5.99. The van der Waals surface area contributed by atoms with Crippen LogP contribution in [0.15, 0.2) is 91.5 Å². The van der Waals surface area contributed by atoms with Crippen LogP contribution in [-0.2, 0) is 10.2 Å². The monoisotopic (exact) mass is 714 g/mol. The normalized spacial score (nSPS) is 12.5. The van der Waals surface area contributed by atoms with Crippen LogP contribution in [-0.4, -0.2) is 59.8 Å². The molecule has 0 spiro atoms. The summed E-state index contributed by atoms with van der Waals surface area (Å²) in [6, 6.07) is 13.2. The van der Waals surface area contributed by atoms with Crippen LogP contribution in [0.4, 0.5) is 37.7 Å².